The summed E-state index contributed by atoms with van der Waals surface area (Å²) < 4.78 is 10.0. The lowest BCUT2D eigenvalue weighted by Crippen LogP contribution is -2.28. The molecule has 0 bridgehead atoms. The maximum absolute atomic E-state index is 11.5. The van der Waals surface area contributed by atoms with Crippen molar-refractivity contribution in [1.29, 1.82) is 0 Å². The Morgan fingerprint density at radius 2 is 1.94 bits per heavy atom. The first-order valence-corrected chi connectivity index (χ1v) is 5.81. The summed E-state index contributed by atoms with van der Waals surface area (Å²) in [5.74, 6) is 0. The second kappa shape index (κ2) is 6.19. The van der Waals surface area contributed by atoms with Crippen molar-refractivity contribution in [3.8, 4) is 0 Å². The van der Waals surface area contributed by atoms with Gasteiger partial charge in [0.2, 0.25) is 6.29 Å². The number of ether oxygens (including phenoxy) is 2. The SMILES string of the molecule is CCC(C)(C)OC(=O)OC([C]=O)c1ccccc1. The molecule has 0 N–H and O–H groups in total. The van der Waals surface area contributed by atoms with Crippen LogP contribution in [0.3, 0.4) is 0 Å². The van der Waals surface area contributed by atoms with E-state index < -0.39 is 17.9 Å². The predicted molar refractivity (Wildman–Crippen MR) is 66.8 cm³/mol. The summed E-state index contributed by atoms with van der Waals surface area (Å²) in [5.41, 5.74) is -0.0416. The molecule has 97 valence electrons. The fourth-order valence-electron chi connectivity index (χ4n) is 1.21. The van der Waals surface area contributed by atoms with Crippen LogP contribution in [-0.2, 0) is 14.3 Å². The van der Waals surface area contributed by atoms with Gasteiger partial charge in [-0.3, -0.25) is 4.79 Å². The molecule has 1 radical (unpaired) electrons. The van der Waals surface area contributed by atoms with Crippen molar-refractivity contribution in [2.75, 3.05) is 0 Å². The molecule has 1 aromatic carbocycles. The van der Waals surface area contributed by atoms with Crippen LogP contribution in [0.5, 0.6) is 0 Å². The van der Waals surface area contributed by atoms with Crippen LogP contribution < -0.4 is 0 Å². The van der Waals surface area contributed by atoms with Crippen molar-refractivity contribution in [3.63, 3.8) is 0 Å². The van der Waals surface area contributed by atoms with Gasteiger partial charge in [0.1, 0.15) is 5.60 Å². The fourth-order valence-corrected chi connectivity index (χ4v) is 1.21. The highest BCUT2D eigenvalue weighted by Crippen LogP contribution is 2.19. The van der Waals surface area contributed by atoms with E-state index in [1.165, 1.54) is 0 Å². The normalized spacial score (nSPS) is 12.6. The van der Waals surface area contributed by atoms with E-state index in [0.717, 1.165) is 0 Å². The second-order valence-electron chi connectivity index (χ2n) is 4.49. The van der Waals surface area contributed by atoms with Gasteiger partial charge in [-0.05, 0) is 20.3 Å². The third kappa shape index (κ3) is 4.20. The Morgan fingerprint density at radius 1 is 1.33 bits per heavy atom. The highest BCUT2D eigenvalue weighted by atomic mass is 16.7. The van der Waals surface area contributed by atoms with Gasteiger partial charge in [0.25, 0.3) is 0 Å². The molecule has 0 heterocycles. The number of hydrogen-bond donors (Lipinski definition) is 0. The lowest BCUT2D eigenvalue weighted by atomic mass is 10.1. The maximum Gasteiger partial charge on any atom is 0.509 e. The van der Waals surface area contributed by atoms with Crippen molar-refractivity contribution in [2.24, 2.45) is 0 Å². The summed E-state index contributed by atoms with van der Waals surface area (Å²) in [6.45, 7) is 5.45. The average Bonchev–Trinajstić information content (AvgIpc) is 2.36. The monoisotopic (exact) mass is 249 g/mol. The lowest BCUT2D eigenvalue weighted by Gasteiger charge is -2.23. The third-order valence-corrected chi connectivity index (χ3v) is 2.63. The Labute approximate surface area is 107 Å². The first kappa shape index (κ1) is 14.2. The van der Waals surface area contributed by atoms with Crippen molar-refractivity contribution in [1.82, 2.24) is 0 Å². The molecule has 4 nitrogen and oxygen atoms in total. The summed E-state index contributed by atoms with van der Waals surface area (Å²) >= 11 is 0. The first-order valence-electron chi connectivity index (χ1n) is 5.81. The van der Waals surface area contributed by atoms with Crippen LogP contribution in [0.4, 0.5) is 4.79 Å². The molecule has 1 aromatic rings. The van der Waals surface area contributed by atoms with Gasteiger partial charge in [-0.15, -0.1) is 0 Å². The van der Waals surface area contributed by atoms with Crippen molar-refractivity contribution < 1.29 is 19.1 Å². The van der Waals surface area contributed by atoms with E-state index in [0.29, 0.717) is 12.0 Å². The van der Waals surface area contributed by atoms with Crippen molar-refractivity contribution >= 4 is 12.4 Å². The number of benzene rings is 1. The van der Waals surface area contributed by atoms with Crippen LogP contribution >= 0.6 is 0 Å². The molecule has 1 unspecified atom stereocenters. The maximum atomic E-state index is 11.5. The molecule has 0 saturated heterocycles. The Hall–Kier alpha value is -1.84. The second-order valence-corrected chi connectivity index (χ2v) is 4.49. The average molecular weight is 249 g/mol. The first-order chi connectivity index (χ1) is 8.48. The molecular weight excluding hydrogens is 232 g/mol. The van der Waals surface area contributed by atoms with E-state index in [-0.39, 0.29) is 0 Å². The molecule has 0 spiro atoms. The van der Waals surface area contributed by atoms with E-state index in [9.17, 15) is 9.59 Å². The number of carbonyl (C=O) groups is 1. The molecule has 18 heavy (non-hydrogen) atoms. The summed E-state index contributed by atoms with van der Waals surface area (Å²) in [6.07, 6.45) is 0.424. The van der Waals surface area contributed by atoms with Crippen molar-refractivity contribution in [3.05, 3.63) is 35.9 Å². The topological polar surface area (TPSA) is 52.6 Å². The van der Waals surface area contributed by atoms with E-state index in [1.807, 2.05) is 13.0 Å². The van der Waals surface area contributed by atoms with Gasteiger partial charge in [-0.2, -0.15) is 0 Å². The highest BCUT2D eigenvalue weighted by molar-refractivity contribution is 5.68. The van der Waals surface area contributed by atoms with Gasteiger partial charge >= 0.3 is 6.16 Å². The van der Waals surface area contributed by atoms with E-state index in [1.54, 1.807) is 44.4 Å². The van der Waals surface area contributed by atoms with Gasteiger partial charge in [-0.25, -0.2) is 4.79 Å². The van der Waals surface area contributed by atoms with Gasteiger partial charge in [-0.1, -0.05) is 37.3 Å². The van der Waals surface area contributed by atoms with Crippen LogP contribution in [0.25, 0.3) is 0 Å². The summed E-state index contributed by atoms with van der Waals surface area (Å²) in [4.78, 5) is 22.4. The molecule has 0 aliphatic heterocycles. The molecule has 0 aliphatic carbocycles. The van der Waals surface area contributed by atoms with Crippen LogP contribution in [0, 0.1) is 0 Å². The zero-order valence-electron chi connectivity index (χ0n) is 10.8. The van der Waals surface area contributed by atoms with Crippen LogP contribution in [-0.4, -0.2) is 18.0 Å². The summed E-state index contributed by atoms with van der Waals surface area (Å²) in [7, 11) is 0. The highest BCUT2D eigenvalue weighted by Gasteiger charge is 2.24. The standard InChI is InChI=1S/C14H17O4/c1-4-14(2,3)18-13(16)17-12(10-15)11-8-6-5-7-9-11/h5-9,12H,4H2,1-3H3. The molecule has 1 rings (SSSR count). The smallest absolute Gasteiger partial charge is 0.428 e. The van der Waals surface area contributed by atoms with Gasteiger partial charge < -0.3 is 9.47 Å². The zero-order valence-corrected chi connectivity index (χ0v) is 10.8. The number of hydrogen-bond acceptors (Lipinski definition) is 4. The van der Waals surface area contributed by atoms with E-state index >= 15 is 0 Å². The molecule has 0 aliphatic rings. The van der Waals surface area contributed by atoms with Crippen LogP contribution in [0.15, 0.2) is 30.3 Å². The van der Waals surface area contributed by atoms with Crippen LogP contribution in [0.1, 0.15) is 38.9 Å². The molecule has 1 atom stereocenters. The Kier molecular flexibility index (Phi) is 4.89. The van der Waals surface area contributed by atoms with Gasteiger partial charge in [0.15, 0.2) is 6.10 Å². The molecule has 0 fully saturated rings. The van der Waals surface area contributed by atoms with Crippen LogP contribution in [0.2, 0.25) is 0 Å². The Morgan fingerprint density at radius 3 is 2.44 bits per heavy atom. The van der Waals surface area contributed by atoms with Crippen molar-refractivity contribution in [2.45, 2.75) is 38.9 Å². The van der Waals surface area contributed by atoms with Gasteiger partial charge in [0, 0.05) is 5.56 Å². The van der Waals surface area contributed by atoms with Gasteiger partial charge in [0.05, 0.1) is 0 Å². The Bertz CT molecular complexity index is 398. The minimum absolute atomic E-state index is 0.568. The molecule has 0 aromatic heterocycles. The predicted octanol–water partition coefficient (Wildman–Crippen LogP) is 3.18. The molecule has 0 saturated carbocycles. The molecular formula is C14H17O4. The number of rotatable bonds is 5. The van der Waals surface area contributed by atoms with E-state index in [2.05, 4.69) is 0 Å². The molecule has 0 amide bonds. The summed E-state index contributed by atoms with van der Waals surface area (Å²) in [5, 5.41) is 0. The quantitative estimate of drug-likeness (QED) is 0.752. The minimum Gasteiger partial charge on any atom is -0.428 e. The minimum atomic E-state index is -1.05. The number of carbonyl (C=O) groups excluding carboxylic acids is 2. The Balaban J connectivity index is 2.65. The summed E-state index contributed by atoms with van der Waals surface area (Å²) in [6, 6.07) is 8.69. The fraction of sp³-hybridized carbons (Fsp3) is 0.429. The molecule has 4 heteroatoms. The zero-order chi connectivity index (χ0) is 13.6. The lowest BCUT2D eigenvalue weighted by molar-refractivity contribution is -0.0261. The third-order valence-electron chi connectivity index (χ3n) is 2.63. The largest absolute Gasteiger partial charge is 0.509 e. The van der Waals surface area contributed by atoms with E-state index in [4.69, 9.17) is 9.47 Å².